The number of aromatic nitrogens is 4. The van der Waals surface area contributed by atoms with E-state index < -0.39 is 0 Å². The maximum Gasteiger partial charge on any atom is 0.227 e. The fourth-order valence-electron chi connectivity index (χ4n) is 3.61. The first kappa shape index (κ1) is 16.3. The third kappa shape index (κ3) is 3.32. The second kappa shape index (κ2) is 6.61. The first-order chi connectivity index (χ1) is 12.1. The number of carbonyl (C=O) groups excluding carboxylic acids is 1. The van der Waals surface area contributed by atoms with Crippen LogP contribution in [0.1, 0.15) is 24.2 Å². The van der Waals surface area contributed by atoms with Gasteiger partial charge in [-0.2, -0.15) is 5.10 Å². The summed E-state index contributed by atoms with van der Waals surface area (Å²) < 4.78 is 0. The molecule has 1 amide bonds. The molecule has 2 aliphatic heterocycles. The lowest BCUT2D eigenvalue weighted by Crippen LogP contribution is -2.35. The van der Waals surface area contributed by atoms with E-state index in [4.69, 9.17) is 4.98 Å². The number of likely N-dealkylation sites (N-methyl/N-ethyl adjacent to an activating group) is 1. The number of carbonyl (C=O) groups is 1. The number of amides is 1. The van der Waals surface area contributed by atoms with Crippen molar-refractivity contribution >= 4 is 11.6 Å². The van der Waals surface area contributed by atoms with Crippen LogP contribution in [0.2, 0.25) is 0 Å². The van der Waals surface area contributed by atoms with Gasteiger partial charge in [0.25, 0.3) is 0 Å². The van der Waals surface area contributed by atoms with E-state index in [1.807, 2.05) is 0 Å². The zero-order valence-electron chi connectivity index (χ0n) is 14.8. The van der Waals surface area contributed by atoms with E-state index in [9.17, 15) is 4.79 Å². The minimum atomic E-state index is 0.0670. The molecule has 8 heteroatoms. The first-order valence-electron chi connectivity index (χ1n) is 8.89. The number of hydrogen-bond acceptors (Lipinski definition) is 5. The lowest BCUT2D eigenvalue weighted by atomic mass is 9.96. The molecule has 1 fully saturated rings. The Hall–Kier alpha value is -2.19. The molecular weight excluding hydrogens is 318 g/mol. The lowest BCUT2D eigenvalue weighted by molar-refractivity contribution is -0.121. The van der Waals surface area contributed by atoms with Gasteiger partial charge in [0, 0.05) is 25.4 Å². The fourth-order valence-corrected chi connectivity index (χ4v) is 3.61. The molecule has 2 aromatic rings. The number of nitrogens with zero attached hydrogens (tertiary/aromatic N) is 4. The first-order valence-corrected chi connectivity index (χ1v) is 8.89. The maximum absolute atomic E-state index is 12.6. The Labute approximate surface area is 147 Å². The van der Waals surface area contributed by atoms with Crippen LogP contribution in [-0.4, -0.2) is 69.6 Å². The quantitative estimate of drug-likeness (QED) is 0.775. The Morgan fingerprint density at radius 3 is 2.84 bits per heavy atom. The third-order valence-corrected chi connectivity index (χ3v) is 5.25. The van der Waals surface area contributed by atoms with Crippen molar-refractivity contribution in [2.75, 3.05) is 39.0 Å². The average Bonchev–Trinajstić information content (AvgIpc) is 3.21. The number of imidazole rings is 1. The second-order valence-corrected chi connectivity index (χ2v) is 7.22. The van der Waals surface area contributed by atoms with E-state index in [1.165, 1.54) is 0 Å². The zero-order chi connectivity index (χ0) is 17.4. The van der Waals surface area contributed by atoms with E-state index in [-0.39, 0.29) is 11.8 Å². The van der Waals surface area contributed by atoms with Gasteiger partial charge >= 0.3 is 0 Å². The van der Waals surface area contributed by atoms with Crippen molar-refractivity contribution in [2.24, 2.45) is 5.92 Å². The summed E-state index contributed by atoms with van der Waals surface area (Å²) in [6, 6.07) is 0. The number of fused-ring (bicyclic) bond motifs is 1. The number of likely N-dealkylation sites (tertiary alicyclic amines) is 1. The summed E-state index contributed by atoms with van der Waals surface area (Å²) in [6.07, 6.45) is 4.40. The van der Waals surface area contributed by atoms with Crippen molar-refractivity contribution in [3.8, 4) is 11.5 Å². The number of nitrogens with one attached hydrogen (secondary N) is 3. The SMILES string of the molecule is CN1CCC(C(=O)Nc2cn[nH]c2-c2nc3c([nH]2)CN(C)CC3)CC1. The smallest absolute Gasteiger partial charge is 0.227 e. The molecule has 0 spiro atoms. The van der Waals surface area contributed by atoms with Crippen LogP contribution in [0.15, 0.2) is 6.20 Å². The summed E-state index contributed by atoms with van der Waals surface area (Å²) in [5, 5.41) is 10.1. The highest BCUT2D eigenvalue weighted by Gasteiger charge is 2.25. The largest absolute Gasteiger partial charge is 0.339 e. The van der Waals surface area contributed by atoms with Gasteiger partial charge in [0.1, 0.15) is 5.69 Å². The van der Waals surface area contributed by atoms with Crippen LogP contribution in [0.5, 0.6) is 0 Å². The molecule has 0 atom stereocenters. The second-order valence-electron chi connectivity index (χ2n) is 7.22. The fraction of sp³-hybridized carbons (Fsp3) is 0.588. The van der Waals surface area contributed by atoms with Gasteiger partial charge in [-0.15, -0.1) is 0 Å². The van der Waals surface area contributed by atoms with Crippen molar-refractivity contribution < 1.29 is 4.79 Å². The van der Waals surface area contributed by atoms with E-state index in [0.717, 1.165) is 68.3 Å². The van der Waals surface area contributed by atoms with Crippen molar-refractivity contribution in [2.45, 2.75) is 25.8 Å². The Kier molecular flexibility index (Phi) is 4.30. The van der Waals surface area contributed by atoms with Crippen molar-refractivity contribution in [1.29, 1.82) is 0 Å². The number of H-pyrrole nitrogens is 2. The molecule has 4 rings (SSSR count). The number of hydrogen-bond donors (Lipinski definition) is 3. The number of piperidine rings is 1. The Balaban J connectivity index is 1.50. The molecule has 1 saturated heterocycles. The summed E-state index contributed by atoms with van der Waals surface area (Å²) >= 11 is 0. The molecule has 8 nitrogen and oxygen atoms in total. The highest BCUT2D eigenvalue weighted by Crippen LogP contribution is 2.27. The van der Waals surface area contributed by atoms with Crippen LogP contribution < -0.4 is 5.32 Å². The van der Waals surface area contributed by atoms with E-state index in [2.05, 4.69) is 44.4 Å². The summed E-state index contributed by atoms with van der Waals surface area (Å²) in [6.45, 7) is 3.82. The van der Waals surface area contributed by atoms with Crippen molar-refractivity contribution in [3.63, 3.8) is 0 Å². The van der Waals surface area contributed by atoms with E-state index in [1.54, 1.807) is 6.20 Å². The Morgan fingerprint density at radius 1 is 1.24 bits per heavy atom. The Morgan fingerprint density at radius 2 is 2.04 bits per heavy atom. The summed E-state index contributed by atoms with van der Waals surface area (Å²) in [5.41, 5.74) is 3.70. The molecule has 3 N–H and O–H groups in total. The molecule has 0 aliphatic carbocycles. The van der Waals surface area contributed by atoms with Crippen LogP contribution in [-0.2, 0) is 17.8 Å². The Bertz CT molecular complexity index is 757. The molecule has 0 unspecified atom stereocenters. The van der Waals surface area contributed by atoms with Gasteiger partial charge in [0.15, 0.2) is 5.82 Å². The molecule has 2 aliphatic rings. The molecule has 0 radical (unpaired) electrons. The molecule has 0 bridgehead atoms. The molecular formula is C17H25N7O. The molecule has 4 heterocycles. The van der Waals surface area contributed by atoms with Crippen LogP contribution in [0.25, 0.3) is 11.5 Å². The molecule has 0 aromatic carbocycles. The number of anilines is 1. The topological polar surface area (TPSA) is 92.9 Å². The average molecular weight is 343 g/mol. The van der Waals surface area contributed by atoms with Gasteiger partial charge in [-0.05, 0) is 40.0 Å². The highest BCUT2D eigenvalue weighted by atomic mass is 16.1. The predicted octanol–water partition coefficient (Wildman–Crippen LogP) is 1.07. The van der Waals surface area contributed by atoms with Gasteiger partial charge in [0.05, 0.1) is 23.3 Å². The number of aromatic amines is 2. The summed E-state index contributed by atoms with van der Waals surface area (Å²) in [4.78, 5) is 25.2. The third-order valence-electron chi connectivity index (χ3n) is 5.25. The van der Waals surface area contributed by atoms with Gasteiger partial charge < -0.3 is 20.1 Å². The lowest BCUT2D eigenvalue weighted by Gasteiger charge is -2.27. The van der Waals surface area contributed by atoms with Crippen molar-refractivity contribution in [1.82, 2.24) is 30.0 Å². The van der Waals surface area contributed by atoms with Gasteiger partial charge in [-0.1, -0.05) is 0 Å². The minimum Gasteiger partial charge on any atom is -0.339 e. The highest BCUT2D eigenvalue weighted by molar-refractivity contribution is 5.95. The van der Waals surface area contributed by atoms with Gasteiger partial charge in [-0.3, -0.25) is 9.89 Å². The molecule has 0 saturated carbocycles. The summed E-state index contributed by atoms with van der Waals surface area (Å²) in [5.74, 6) is 0.890. The van der Waals surface area contributed by atoms with Crippen molar-refractivity contribution in [3.05, 3.63) is 17.6 Å². The van der Waals surface area contributed by atoms with Gasteiger partial charge in [0.2, 0.25) is 5.91 Å². The minimum absolute atomic E-state index is 0.0670. The standard InChI is InChI=1S/C17H25N7O/c1-23-6-3-11(4-7-23)17(25)21-13-9-18-22-15(13)16-19-12-5-8-24(2)10-14(12)20-16/h9,11H,3-8,10H2,1-2H3,(H,18,22)(H,19,20)(H,21,25). The van der Waals surface area contributed by atoms with Gasteiger partial charge in [-0.25, -0.2) is 4.98 Å². The predicted molar refractivity (Wildman–Crippen MR) is 95.1 cm³/mol. The zero-order valence-corrected chi connectivity index (χ0v) is 14.8. The molecule has 2 aromatic heterocycles. The summed E-state index contributed by atoms with van der Waals surface area (Å²) in [7, 11) is 4.20. The van der Waals surface area contributed by atoms with Crippen LogP contribution in [0.3, 0.4) is 0 Å². The van der Waals surface area contributed by atoms with E-state index >= 15 is 0 Å². The van der Waals surface area contributed by atoms with Crippen LogP contribution >= 0.6 is 0 Å². The number of rotatable bonds is 3. The van der Waals surface area contributed by atoms with E-state index in [0.29, 0.717) is 5.69 Å². The molecule has 25 heavy (non-hydrogen) atoms. The normalized spacial score (nSPS) is 19.8. The maximum atomic E-state index is 12.6. The monoisotopic (exact) mass is 343 g/mol. The van der Waals surface area contributed by atoms with Crippen LogP contribution in [0, 0.1) is 5.92 Å². The molecule has 134 valence electrons. The van der Waals surface area contributed by atoms with Crippen LogP contribution in [0.4, 0.5) is 5.69 Å².